The van der Waals surface area contributed by atoms with Crippen molar-refractivity contribution < 1.29 is 48.1 Å². The lowest BCUT2D eigenvalue weighted by atomic mass is 9.98. The predicted molar refractivity (Wildman–Crippen MR) is 178 cm³/mol. The van der Waals surface area contributed by atoms with Gasteiger partial charge in [-0.3, -0.25) is 13.8 Å². The quantitative estimate of drug-likeness (QED) is 0.209. The molecule has 0 spiro atoms. The van der Waals surface area contributed by atoms with Crippen LogP contribution in [0.1, 0.15) is 92.0 Å². The third-order valence-electron chi connectivity index (χ3n) is 8.09. The predicted octanol–water partition coefficient (Wildman–Crippen LogP) is 4.13. The van der Waals surface area contributed by atoms with Crippen molar-refractivity contribution in [1.82, 2.24) is 10.3 Å². The fourth-order valence-electron chi connectivity index (χ4n) is 5.20. The van der Waals surface area contributed by atoms with Gasteiger partial charge in [0.15, 0.2) is 57.6 Å². The molecule has 1 atom stereocenters. The Labute approximate surface area is 286 Å². The van der Waals surface area contributed by atoms with Crippen LogP contribution < -0.4 is 0 Å². The van der Waals surface area contributed by atoms with Gasteiger partial charge in [-0.05, 0) is 87.1 Å². The Morgan fingerprint density at radius 3 is 1.45 bits per heavy atom. The average molecular weight is 751 g/mol. The van der Waals surface area contributed by atoms with E-state index in [0.717, 1.165) is 44.5 Å². The Morgan fingerprint density at radius 2 is 1.08 bits per heavy atom. The smallest absolute Gasteiger partial charge is 0.209 e. The molecule has 0 bridgehead atoms. The SMILES string of the molecule is Cc1cc(S(C)(=O)=O)ccc1C(=O)c1c(S(C)(=O)=O)noc1C1CC1.Cc1cc(S(C)(=O)=O)ccc1C(=O)c1c(S(C)=O)noc1C1CC1. The highest BCUT2D eigenvalue weighted by atomic mass is 32.2. The third-order valence-corrected chi connectivity index (χ3v) is 12.1. The number of rotatable bonds is 10. The normalized spacial score (nSPS) is 15.7. The number of ketones is 2. The minimum absolute atomic E-state index is 0.00227. The minimum atomic E-state index is -3.74. The fourth-order valence-corrected chi connectivity index (χ4v) is 7.97. The highest BCUT2D eigenvalue weighted by Gasteiger charge is 2.39. The summed E-state index contributed by atoms with van der Waals surface area (Å²) in [6, 6.07) is 8.48. The van der Waals surface area contributed by atoms with Gasteiger partial charge in [0.05, 0.1) is 20.6 Å². The highest BCUT2D eigenvalue weighted by molar-refractivity contribution is 7.91. The first-order valence-corrected chi connectivity index (χ1v) is 22.2. The maximum Gasteiger partial charge on any atom is 0.209 e. The summed E-state index contributed by atoms with van der Waals surface area (Å²) in [5, 5.41) is 7.20. The molecule has 262 valence electrons. The zero-order chi connectivity index (χ0) is 36.2. The van der Waals surface area contributed by atoms with E-state index in [2.05, 4.69) is 10.3 Å². The summed E-state index contributed by atoms with van der Waals surface area (Å²) in [5.41, 5.74) is 1.78. The van der Waals surface area contributed by atoms with E-state index in [9.17, 15) is 39.1 Å². The van der Waals surface area contributed by atoms with Crippen LogP contribution >= 0.6 is 0 Å². The molecule has 49 heavy (non-hydrogen) atoms. The molecule has 6 rings (SSSR count). The molecule has 2 aromatic heterocycles. The van der Waals surface area contributed by atoms with Crippen LogP contribution in [0.25, 0.3) is 0 Å². The van der Waals surface area contributed by atoms with Gasteiger partial charge in [0, 0.05) is 48.0 Å². The molecular weight excluding hydrogens is 717 g/mol. The Bertz CT molecular complexity index is 2360. The van der Waals surface area contributed by atoms with E-state index in [-0.39, 0.29) is 59.9 Å². The number of nitrogens with zero attached hydrogens (tertiary/aromatic N) is 2. The molecule has 0 N–H and O–H groups in total. The molecule has 17 heteroatoms. The van der Waals surface area contributed by atoms with Gasteiger partial charge in [0.1, 0.15) is 11.1 Å². The van der Waals surface area contributed by atoms with Crippen LogP contribution in [0.4, 0.5) is 0 Å². The third kappa shape index (κ3) is 7.84. The molecule has 0 amide bonds. The molecule has 2 aliphatic carbocycles. The summed E-state index contributed by atoms with van der Waals surface area (Å²) in [6.45, 7) is 3.28. The second-order valence-electron chi connectivity index (χ2n) is 12.4. The Hall–Kier alpha value is -3.80. The van der Waals surface area contributed by atoms with Crippen LogP contribution in [0, 0.1) is 13.8 Å². The van der Waals surface area contributed by atoms with Gasteiger partial charge < -0.3 is 9.05 Å². The molecule has 0 radical (unpaired) electrons. The van der Waals surface area contributed by atoms with Gasteiger partial charge in [0.25, 0.3) is 0 Å². The van der Waals surface area contributed by atoms with Gasteiger partial charge in [0.2, 0.25) is 5.03 Å². The molecule has 4 aromatic rings. The molecule has 0 aliphatic heterocycles. The van der Waals surface area contributed by atoms with E-state index in [0.29, 0.717) is 22.5 Å². The van der Waals surface area contributed by atoms with Crippen molar-refractivity contribution in [1.29, 1.82) is 0 Å². The van der Waals surface area contributed by atoms with Gasteiger partial charge in [-0.1, -0.05) is 10.3 Å². The number of hydrogen-bond donors (Lipinski definition) is 0. The topological polar surface area (TPSA) is 206 Å². The van der Waals surface area contributed by atoms with E-state index in [4.69, 9.17) is 9.05 Å². The Balaban J connectivity index is 0.000000191. The van der Waals surface area contributed by atoms with Crippen molar-refractivity contribution >= 4 is 51.9 Å². The molecule has 2 fully saturated rings. The Morgan fingerprint density at radius 1 is 0.673 bits per heavy atom. The van der Waals surface area contributed by atoms with Crippen molar-refractivity contribution in [2.75, 3.05) is 25.0 Å². The maximum atomic E-state index is 13.0. The number of benzene rings is 2. The number of hydrogen-bond acceptors (Lipinski definition) is 13. The second kappa shape index (κ2) is 13.2. The molecule has 13 nitrogen and oxygen atoms in total. The standard InChI is InChI=1S/C16H17NO6S2.C16H17NO5S2/c1-9-8-11(24(2,19)20)6-7-12(9)14(18)13-15(10-4-5-10)23-17-16(13)25(3,21)22;1-9-8-11(24(3,20)21)6-7-12(9)14(18)13-15(10-4-5-10)22-17-16(13)23(2)19/h6-8,10H,4-5H2,1-3H3;6-8,10H,4-5H2,1-3H3. The molecule has 2 heterocycles. The zero-order valence-electron chi connectivity index (χ0n) is 27.5. The lowest BCUT2D eigenvalue weighted by Crippen LogP contribution is -2.11. The lowest BCUT2D eigenvalue weighted by molar-refractivity contribution is 0.102. The van der Waals surface area contributed by atoms with Crippen molar-refractivity contribution in [3.8, 4) is 0 Å². The summed E-state index contributed by atoms with van der Waals surface area (Å²) < 4.78 is 92.8. The largest absolute Gasteiger partial charge is 0.359 e. The molecule has 1 unspecified atom stereocenters. The summed E-state index contributed by atoms with van der Waals surface area (Å²) >= 11 is 0. The number of aryl methyl sites for hydroxylation is 2. The summed E-state index contributed by atoms with van der Waals surface area (Å²) in [4.78, 5) is 26.2. The van der Waals surface area contributed by atoms with E-state index in [1.807, 2.05) is 0 Å². The molecule has 0 saturated heterocycles. The maximum absolute atomic E-state index is 13.0. The van der Waals surface area contributed by atoms with Gasteiger partial charge in [-0.2, -0.15) is 0 Å². The monoisotopic (exact) mass is 750 g/mol. The zero-order valence-corrected chi connectivity index (χ0v) is 30.7. The number of carbonyl (C=O) groups excluding carboxylic acids is 2. The van der Waals surface area contributed by atoms with E-state index in [1.54, 1.807) is 13.8 Å². The highest BCUT2D eigenvalue weighted by Crippen LogP contribution is 2.44. The fraction of sp³-hybridized carbons (Fsp3) is 0.375. The average Bonchev–Trinajstić information content (AvgIpc) is 3.93. The summed E-state index contributed by atoms with van der Waals surface area (Å²) in [7, 11) is -11.9. The van der Waals surface area contributed by atoms with E-state index in [1.165, 1.54) is 42.7 Å². The van der Waals surface area contributed by atoms with Gasteiger partial charge in [-0.15, -0.1) is 0 Å². The van der Waals surface area contributed by atoms with Gasteiger partial charge in [-0.25, -0.2) is 25.3 Å². The van der Waals surface area contributed by atoms with E-state index >= 15 is 0 Å². The van der Waals surface area contributed by atoms with Crippen LogP contribution in [-0.4, -0.2) is 76.4 Å². The van der Waals surface area contributed by atoms with Gasteiger partial charge >= 0.3 is 0 Å². The molecule has 2 aliphatic rings. The van der Waals surface area contributed by atoms with Crippen molar-refractivity contribution in [3.05, 3.63) is 81.3 Å². The minimum Gasteiger partial charge on any atom is -0.359 e. The molecule has 2 saturated carbocycles. The van der Waals surface area contributed by atoms with Crippen molar-refractivity contribution in [2.45, 2.75) is 71.2 Å². The summed E-state index contributed by atoms with van der Waals surface area (Å²) in [5.74, 6) is 0.0535. The first-order valence-electron chi connectivity index (χ1n) is 14.9. The van der Waals surface area contributed by atoms with Crippen molar-refractivity contribution in [3.63, 3.8) is 0 Å². The number of aromatic nitrogens is 2. The summed E-state index contributed by atoms with van der Waals surface area (Å²) in [6.07, 6.45) is 8.07. The van der Waals surface area contributed by atoms with Crippen LogP contribution in [0.5, 0.6) is 0 Å². The van der Waals surface area contributed by atoms with Crippen LogP contribution in [0.15, 0.2) is 65.3 Å². The molecule has 2 aromatic carbocycles. The van der Waals surface area contributed by atoms with Crippen LogP contribution in [-0.2, 0) is 40.3 Å². The first-order chi connectivity index (χ1) is 22.7. The number of carbonyl (C=O) groups is 2. The molecular formula is C32H34N2O11S4. The number of sulfone groups is 3. The van der Waals surface area contributed by atoms with Crippen molar-refractivity contribution in [2.24, 2.45) is 0 Å². The van der Waals surface area contributed by atoms with Crippen LogP contribution in [0.3, 0.4) is 0 Å². The lowest BCUT2D eigenvalue weighted by Gasteiger charge is -2.08. The van der Waals surface area contributed by atoms with Crippen LogP contribution in [0.2, 0.25) is 0 Å². The van der Waals surface area contributed by atoms with E-state index < -0.39 is 46.1 Å². The first kappa shape index (κ1) is 36.5. The Kier molecular flexibility index (Phi) is 9.79. The second-order valence-corrected chi connectivity index (χ2v) is 19.6.